The summed E-state index contributed by atoms with van der Waals surface area (Å²) in [5, 5.41) is 3.43. The Labute approximate surface area is 99.2 Å². The van der Waals surface area contributed by atoms with E-state index in [4.69, 9.17) is 0 Å². The number of piperidine rings is 1. The summed E-state index contributed by atoms with van der Waals surface area (Å²) in [5.74, 6) is 0. The van der Waals surface area contributed by atoms with Crippen molar-refractivity contribution in [2.24, 2.45) is 0 Å². The molecule has 3 fully saturated rings. The van der Waals surface area contributed by atoms with E-state index in [9.17, 15) is 0 Å². The first kappa shape index (κ1) is 11.0. The predicted molar refractivity (Wildman–Crippen MR) is 66.7 cm³/mol. The van der Waals surface area contributed by atoms with Crippen molar-refractivity contribution in [2.45, 2.75) is 44.2 Å². The molecule has 3 heteroatoms. The molecular formula is C13H25N3. The maximum Gasteiger partial charge on any atom is 0.0115 e. The van der Waals surface area contributed by atoms with Crippen LogP contribution in [-0.2, 0) is 0 Å². The van der Waals surface area contributed by atoms with Gasteiger partial charge in [-0.15, -0.1) is 0 Å². The Morgan fingerprint density at radius 1 is 0.875 bits per heavy atom. The van der Waals surface area contributed by atoms with Crippen molar-refractivity contribution in [3.63, 3.8) is 0 Å². The Hall–Kier alpha value is -0.120. The van der Waals surface area contributed by atoms with Crippen LogP contribution in [0.15, 0.2) is 0 Å². The number of hydrogen-bond acceptors (Lipinski definition) is 3. The summed E-state index contributed by atoms with van der Waals surface area (Å²) in [7, 11) is 0. The molecule has 92 valence electrons. The van der Waals surface area contributed by atoms with E-state index < -0.39 is 0 Å². The van der Waals surface area contributed by atoms with Gasteiger partial charge in [0.15, 0.2) is 0 Å². The van der Waals surface area contributed by atoms with E-state index in [0.717, 1.165) is 12.1 Å². The van der Waals surface area contributed by atoms with Crippen LogP contribution in [0.3, 0.4) is 0 Å². The van der Waals surface area contributed by atoms with Crippen LogP contribution in [0.2, 0.25) is 0 Å². The molecule has 2 unspecified atom stereocenters. The highest BCUT2D eigenvalue weighted by atomic mass is 15.3. The second-order valence-electron chi connectivity index (χ2n) is 5.65. The van der Waals surface area contributed by atoms with Crippen LogP contribution < -0.4 is 5.32 Å². The van der Waals surface area contributed by atoms with Gasteiger partial charge in [0.1, 0.15) is 0 Å². The molecule has 3 rings (SSSR count). The number of nitrogens with zero attached hydrogens (tertiary/aromatic N) is 2. The third kappa shape index (κ3) is 2.27. The van der Waals surface area contributed by atoms with Gasteiger partial charge in [0.2, 0.25) is 0 Å². The molecule has 0 saturated carbocycles. The van der Waals surface area contributed by atoms with E-state index in [2.05, 4.69) is 15.1 Å². The number of hydrogen-bond donors (Lipinski definition) is 1. The zero-order valence-electron chi connectivity index (χ0n) is 10.3. The van der Waals surface area contributed by atoms with Crippen LogP contribution in [-0.4, -0.2) is 61.2 Å². The average Bonchev–Trinajstić information content (AvgIpc) is 2.57. The van der Waals surface area contributed by atoms with Crippen LogP contribution in [0.5, 0.6) is 0 Å². The predicted octanol–water partition coefficient (Wildman–Crippen LogP) is 0.909. The van der Waals surface area contributed by atoms with Gasteiger partial charge < -0.3 is 5.32 Å². The molecule has 1 N–H and O–H groups in total. The van der Waals surface area contributed by atoms with Gasteiger partial charge in [-0.25, -0.2) is 0 Å². The third-order valence-corrected chi connectivity index (χ3v) is 4.73. The van der Waals surface area contributed by atoms with Gasteiger partial charge in [-0.3, -0.25) is 9.80 Å². The summed E-state index contributed by atoms with van der Waals surface area (Å²) >= 11 is 0. The zero-order chi connectivity index (χ0) is 10.8. The molecule has 0 aromatic heterocycles. The van der Waals surface area contributed by atoms with Gasteiger partial charge in [-0.2, -0.15) is 0 Å². The molecule has 0 spiro atoms. The summed E-state index contributed by atoms with van der Waals surface area (Å²) in [6, 6.07) is 1.89. The summed E-state index contributed by atoms with van der Waals surface area (Å²) in [6.45, 7) is 7.51. The van der Waals surface area contributed by atoms with Crippen LogP contribution in [0.25, 0.3) is 0 Å². The fourth-order valence-electron chi connectivity index (χ4n) is 3.78. The molecule has 2 bridgehead atoms. The number of piperazine rings is 1. The van der Waals surface area contributed by atoms with Crippen LogP contribution in [0, 0.1) is 0 Å². The summed E-state index contributed by atoms with van der Waals surface area (Å²) in [4.78, 5) is 5.45. The van der Waals surface area contributed by atoms with E-state index in [1.807, 2.05) is 0 Å². The second-order valence-corrected chi connectivity index (χ2v) is 5.65. The Morgan fingerprint density at radius 2 is 1.56 bits per heavy atom. The van der Waals surface area contributed by atoms with Crippen LogP contribution in [0.4, 0.5) is 0 Å². The van der Waals surface area contributed by atoms with E-state index in [1.165, 1.54) is 71.4 Å². The highest BCUT2D eigenvalue weighted by molar-refractivity contribution is 4.92. The standard InChI is InChI=1S/C13H25N3/c1-2-12-4-5-13(3-1)16(12)11-10-15-8-6-14-7-9-15/h12-14H,1-11H2. The zero-order valence-corrected chi connectivity index (χ0v) is 10.3. The van der Waals surface area contributed by atoms with Crippen molar-refractivity contribution in [3.05, 3.63) is 0 Å². The maximum absolute atomic E-state index is 3.43. The van der Waals surface area contributed by atoms with E-state index >= 15 is 0 Å². The largest absolute Gasteiger partial charge is 0.314 e. The SMILES string of the molecule is C1CC2CCC(C1)N2CCN1CCNCC1. The van der Waals surface area contributed by atoms with E-state index in [0.29, 0.717) is 0 Å². The molecule has 0 amide bonds. The smallest absolute Gasteiger partial charge is 0.0115 e. The van der Waals surface area contributed by atoms with Crippen molar-refractivity contribution in [3.8, 4) is 0 Å². The number of fused-ring (bicyclic) bond motifs is 2. The lowest BCUT2D eigenvalue weighted by Crippen LogP contribution is -2.48. The Balaban J connectivity index is 1.47. The van der Waals surface area contributed by atoms with Crippen LogP contribution in [0.1, 0.15) is 32.1 Å². The quantitative estimate of drug-likeness (QED) is 0.767. The first-order chi connectivity index (χ1) is 7.93. The summed E-state index contributed by atoms with van der Waals surface area (Å²) < 4.78 is 0. The van der Waals surface area contributed by atoms with Gasteiger partial charge >= 0.3 is 0 Å². The molecule has 3 heterocycles. The van der Waals surface area contributed by atoms with Crippen LogP contribution >= 0.6 is 0 Å². The summed E-state index contributed by atoms with van der Waals surface area (Å²) in [6.07, 6.45) is 7.38. The topological polar surface area (TPSA) is 18.5 Å². The van der Waals surface area contributed by atoms with Crippen molar-refractivity contribution in [2.75, 3.05) is 39.3 Å². The van der Waals surface area contributed by atoms with Crippen molar-refractivity contribution in [1.29, 1.82) is 0 Å². The Kier molecular flexibility index (Phi) is 3.46. The normalized spacial score (nSPS) is 36.8. The Bertz CT molecular complexity index is 209. The lowest BCUT2D eigenvalue weighted by atomic mass is 10.0. The molecule has 3 aliphatic heterocycles. The van der Waals surface area contributed by atoms with E-state index in [1.54, 1.807) is 0 Å². The average molecular weight is 223 g/mol. The number of nitrogens with one attached hydrogen (secondary N) is 1. The third-order valence-electron chi connectivity index (χ3n) is 4.73. The molecule has 16 heavy (non-hydrogen) atoms. The fourth-order valence-corrected chi connectivity index (χ4v) is 3.78. The minimum absolute atomic E-state index is 0.946. The van der Waals surface area contributed by atoms with E-state index in [-0.39, 0.29) is 0 Å². The molecular weight excluding hydrogens is 198 g/mol. The number of rotatable bonds is 3. The molecule has 0 radical (unpaired) electrons. The van der Waals surface area contributed by atoms with Gasteiger partial charge in [0, 0.05) is 51.4 Å². The van der Waals surface area contributed by atoms with Gasteiger partial charge in [0.25, 0.3) is 0 Å². The first-order valence-corrected chi connectivity index (χ1v) is 7.12. The molecule has 0 aromatic rings. The minimum Gasteiger partial charge on any atom is -0.314 e. The lowest BCUT2D eigenvalue weighted by molar-refractivity contribution is 0.114. The van der Waals surface area contributed by atoms with Crippen molar-refractivity contribution < 1.29 is 0 Å². The molecule has 3 aliphatic rings. The first-order valence-electron chi connectivity index (χ1n) is 7.12. The van der Waals surface area contributed by atoms with Gasteiger partial charge in [0.05, 0.1) is 0 Å². The highest BCUT2D eigenvalue weighted by Crippen LogP contribution is 2.34. The molecule has 3 nitrogen and oxygen atoms in total. The highest BCUT2D eigenvalue weighted by Gasteiger charge is 2.35. The van der Waals surface area contributed by atoms with Gasteiger partial charge in [-0.05, 0) is 25.7 Å². The van der Waals surface area contributed by atoms with Crippen molar-refractivity contribution in [1.82, 2.24) is 15.1 Å². The Morgan fingerprint density at radius 3 is 2.25 bits per heavy atom. The molecule has 0 aliphatic carbocycles. The monoisotopic (exact) mass is 223 g/mol. The van der Waals surface area contributed by atoms with Crippen molar-refractivity contribution >= 4 is 0 Å². The second kappa shape index (κ2) is 5.03. The fraction of sp³-hybridized carbons (Fsp3) is 1.00. The maximum atomic E-state index is 3.43. The molecule has 3 saturated heterocycles. The lowest BCUT2D eigenvalue weighted by Gasteiger charge is -2.37. The molecule has 0 aromatic carbocycles. The van der Waals surface area contributed by atoms with Gasteiger partial charge in [-0.1, -0.05) is 6.42 Å². The minimum atomic E-state index is 0.946. The summed E-state index contributed by atoms with van der Waals surface area (Å²) in [5.41, 5.74) is 0. The molecule has 2 atom stereocenters.